The first-order chi connectivity index (χ1) is 9.24. The Balaban J connectivity index is 2.11. The van der Waals surface area contributed by atoms with E-state index in [1.54, 1.807) is 7.11 Å². The SMILES string of the molecule is COc1ccc(C)cc1CN1CCCCC1CCO. The van der Waals surface area contributed by atoms with Gasteiger partial charge in [0.15, 0.2) is 0 Å². The van der Waals surface area contributed by atoms with Crippen LogP contribution in [-0.2, 0) is 6.54 Å². The monoisotopic (exact) mass is 263 g/mol. The summed E-state index contributed by atoms with van der Waals surface area (Å²) in [6, 6.07) is 6.87. The van der Waals surface area contributed by atoms with Gasteiger partial charge in [0.05, 0.1) is 7.11 Å². The first-order valence-electron chi connectivity index (χ1n) is 7.23. The molecular weight excluding hydrogens is 238 g/mol. The quantitative estimate of drug-likeness (QED) is 0.886. The fourth-order valence-corrected chi connectivity index (χ4v) is 2.99. The summed E-state index contributed by atoms with van der Waals surface area (Å²) in [5, 5.41) is 9.20. The molecule has 0 radical (unpaired) electrons. The summed E-state index contributed by atoms with van der Waals surface area (Å²) in [7, 11) is 1.73. The zero-order valence-corrected chi connectivity index (χ0v) is 12.1. The lowest BCUT2D eigenvalue weighted by Gasteiger charge is -2.35. The number of rotatable bonds is 5. The van der Waals surface area contributed by atoms with Crippen molar-refractivity contribution in [1.82, 2.24) is 4.90 Å². The van der Waals surface area contributed by atoms with E-state index < -0.39 is 0 Å². The number of hydrogen-bond acceptors (Lipinski definition) is 3. The molecule has 3 nitrogen and oxygen atoms in total. The Bertz CT molecular complexity index is 404. The molecule has 19 heavy (non-hydrogen) atoms. The molecule has 2 rings (SSSR count). The van der Waals surface area contributed by atoms with E-state index >= 15 is 0 Å². The number of aliphatic hydroxyl groups is 1. The molecule has 1 aromatic carbocycles. The standard InChI is InChI=1S/C16H25NO2/c1-13-6-7-16(19-2)14(11-13)12-17-9-4-3-5-15(17)8-10-18/h6-7,11,15,18H,3-5,8-10,12H2,1-2H3. The second kappa shape index (κ2) is 6.92. The molecule has 106 valence electrons. The number of likely N-dealkylation sites (tertiary alicyclic amines) is 1. The van der Waals surface area contributed by atoms with Crippen molar-refractivity contribution in [2.24, 2.45) is 0 Å². The van der Waals surface area contributed by atoms with Gasteiger partial charge < -0.3 is 9.84 Å². The molecule has 1 saturated heterocycles. The number of piperidine rings is 1. The van der Waals surface area contributed by atoms with Crippen LogP contribution < -0.4 is 4.74 Å². The summed E-state index contributed by atoms with van der Waals surface area (Å²) in [6.07, 6.45) is 4.63. The molecule has 0 bridgehead atoms. The van der Waals surface area contributed by atoms with Gasteiger partial charge in [-0.05, 0) is 38.8 Å². The molecule has 3 heteroatoms. The third-order valence-electron chi connectivity index (χ3n) is 4.02. The summed E-state index contributed by atoms with van der Waals surface area (Å²) < 4.78 is 5.46. The number of nitrogens with zero attached hydrogens (tertiary/aromatic N) is 1. The molecule has 1 atom stereocenters. The predicted molar refractivity (Wildman–Crippen MR) is 77.5 cm³/mol. The Kier molecular flexibility index (Phi) is 5.23. The van der Waals surface area contributed by atoms with Crippen molar-refractivity contribution >= 4 is 0 Å². The summed E-state index contributed by atoms with van der Waals surface area (Å²) in [5.74, 6) is 0.971. The minimum Gasteiger partial charge on any atom is -0.496 e. The smallest absolute Gasteiger partial charge is 0.123 e. The highest BCUT2D eigenvalue weighted by atomic mass is 16.5. The third-order valence-corrected chi connectivity index (χ3v) is 4.02. The van der Waals surface area contributed by atoms with Crippen LogP contribution >= 0.6 is 0 Å². The topological polar surface area (TPSA) is 32.7 Å². The van der Waals surface area contributed by atoms with Gasteiger partial charge in [0, 0.05) is 24.8 Å². The molecule has 1 aromatic rings. The van der Waals surface area contributed by atoms with Gasteiger partial charge in [-0.25, -0.2) is 0 Å². The van der Waals surface area contributed by atoms with Gasteiger partial charge in [0.1, 0.15) is 5.75 Å². The Morgan fingerprint density at radius 1 is 1.37 bits per heavy atom. The fraction of sp³-hybridized carbons (Fsp3) is 0.625. The average Bonchev–Trinajstić information content (AvgIpc) is 2.42. The first kappa shape index (κ1) is 14.4. The second-order valence-corrected chi connectivity index (χ2v) is 5.45. The average molecular weight is 263 g/mol. The molecule has 1 heterocycles. The van der Waals surface area contributed by atoms with Crippen LogP contribution in [-0.4, -0.2) is 36.3 Å². The van der Waals surface area contributed by atoms with Gasteiger partial charge in [-0.3, -0.25) is 4.90 Å². The van der Waals surface area contributed by atoms with E-state index in [0.29, 0.717) is 6.04 Å². The molecule has 1 unspecified atom stereocenters. The second-order valence-electron chi connectivity index (χ2n) is 5.45. The molecule has 1 fully saturated rings. The number of aryl methyl sites for hydroxylation is 1. The van der Waals surface area contributed by atoms with E-state index in [1.807, 2.05) is 0 Å². The van der Waals surface area contributed by atoms with Crippen molar-refractivity contribution in [2.45, 2.75) is 45.2 Å². The summed E-state index contributed by atoms with van der Waals surface area (Å²) >= 11 is 0. The van der Waals surface area contributed by atoms with Crippen molar-refractivity contribution in [3.8, 4) is 5.75 Å². The molecule has 1 N–H and O–H groups in total. The van der Waals surface area contributed by atoms with Crippen molar-refractivity contribution in [3.63, 3.8) is 0 Å². The number of hydrogen-bond donors (Lipinski definition) is 1. The number of ether oxygens (including phenoxy) is 1. The van der Waals surface area contributed by atoms with Gasteiger partial charge in [-0.2, -0.15) is 0 Å². The van der Waals surface area contributed by atoms with Crippen LogP contribution in [0.15, 0.2) is 18.2 Å². The van der Waals surface area contributed by atoms with Gasteiger partial charge in [0.25, 0.3) is 0 Å². The Morgan fingerprint density at radius 2 is 2.21 bits per heavy atom. The normalized spacial score (nSPS) is 20.5. The largest absolute Gasteiger partial charge is 0.496 e. The van der Waals surface area contributed by atoms with Crippen LogP contribution in [0, 0.1) is 6.92 Å². The van der Waals surface area contributed by atoms with Crippen molar-refractivity contribution in [1.29, 1.82) is 0 Å². The molecule has 0 spiro atoms. The predicted octanol–water partition coefficient (Wildman–Crippen LogP) is 2.74. The van der Waals surface area contributed by atoms with Gasteiger partial charge in [0.2, 0.25) is 0 Å². The van der Waals surface area contributed by atoms with Crippen molar-refractivity contribution in [3.05, 3.63) is 29.3 Å². The molecule has 0 aliphatic carbocycles. The van der Waals surface area contributed by atoms with E-state index in [1.165, 1.54) is 30.4 Å². The lowest BCUT2D eigenvalue weighted by Crippen LogP contribution is -2.39. The van der Waals surface area contributed by atoms with Gasteiger partial charge >= 0.3 is 0 Å². The Morgan fingerprint density at radius 3 is 2.95 bits per heavy atom. The minimum absolute atomic E-state index is 0.284. The maximum atomic E-state index is 9.20. The van der Waals surface area contributed by atoms with Gasteiger partial charge in [-0.1, -0.05) is 24.1 Å². The summed E-state index contributed by atoms with van der Waals surface area (Å²) in [5.41, 5.74) is 2.53. The van der Waals surface area contributed by atoms with Gasteiger partial charge in [-0.15, -0.1) is 0 Å². The van der Waals surface area contributed by atoms with Crippen molar-refractivity contribution < 1.29 is 9.84 Å². The maximum Gasteiger partial charge on any atom is 0.123 e. The number of benzene rings is 1. The molecule has 0 aromatic heterocycles. The van der Waals surface area contributed by atoms with E-state index in [9.17, 15) is 5.11 Å². The fourth-order valence-electron chi connectivity index (χ4n) is 2.99. The molecular formula is C16H25NO2. The summed E-state index contributed by atoms with van der Waals surface area (Å²) in [6.45, 7) is 4.45. The Hall–Kier alpha value is -1.06. The van der Waals surface area contributed by atoms with Crippen LogP contribution in [0.2, 0.25) is 0 Å². The van der Waals surface area contributed by atoms with E-state index in [2.05, 4.69) is 30.0 Å². The lowest BCUT2D eigenvalue weighted by atomic mass is 9.98. The van der Waals surface area contributed by atoms with E-state index in [4.69, 9.17) is 4.74 Å². The zero-order valence-electron chi connectivity index (χ0n) is 12.1. The molecule has 1 aliphatic rings. The molecule has 0 saturated carbocycles. The van der Waals surface area contributed by atoms with Crippen molar-refractivity contribution in [2.75, 3.05) is 20.3 Å². The van der Waals surface area contributed by atoms with Crippen LogP contribution in [0.4, 0.5) is 0 Å². The Labute approximate surface area is 116 Å². The highest BCUT2D eigenvalue weighted by Crippen LogP contribution is 2.26. The number of aliphatic hydroxyl groups excluding tert-OH is 1. The highest BCUT2D eigenvalue weighted by Gasteiger charge is 2.22. The van der Waals surface area contributed by atoms with Crippen LogP contribution in [0.25, 0.3) is 0 Å². The maximum absolute atomic E-state index is 9.20. The van der Waals surface area contributed by atoms with E-state index in [0.717, 1.165) is 25.3 Å². The van der Waals surface area contributed by atoms with Crippen LogP contribution in [0.3, 0.4) is 0 Å². The molecule has 1 aliphatic heterocycles. The zero-order chi connectivity index (χ0) is 13.7. The first-order valence-corrected chi connectivity index (χ1v) is 7.23. The van der Waals surface area contributed by atoms with Crippen LogP contribution in [0.1, 0.15) is 36.8 Å². The minimum atomic E-state index is 0.284. The highest BCUT2D eigenvalue weighted by molar-refractivity contribution is 5.36. The lowest BCUT2D eigenvalue weighted by molar-refractivity contribution is 0.111. The third kappa shape index (κ3) is 3.71. The number of methoxy groups -OCH3 is 1. The summed E-state index contributed by atoms with van der Waals surface area (Å²) in [4.78, 5) is 2.50. The molecule has 0 amide bonds. The van der Waals surface area contributed by atoms with Crippen LogP contribution in [0.5, 0.6) is 5.75 Å². The van der Waals surface area contributed by atoms with E-state index in [-0.39, 0.29) is 6.61 Å².